The molecule has 1 N–H and O–H groups in total. The predicted octanol–water partition coefficient (Wildman–Crippen LogP) is 2.72. The molecule has 0 aromatic carbocycles. The van der Waals surface area contributed by atoms with Gasteiger partial charge in [0, 0.05) is 6.04 Å². The summed E-state index contributed by atoms with van der Waals surface area (Å²) in [5.74, 6) is 0.979. The number of piperazine rings is 1. The van der Waals surface area contributed by atoms with Crippen LogP contribution in [0.3, 0.4) is 0 Å². The number of rotatable bonds is 4. The summed E-state index contributed by atoms with van der Waals surface area (Å²) in [6.07, 6.45) is 4.56. The van der Waals surface area contributed by atoms with Crippen LogP contribution in [-0.2, 0) is 9.59 Å². The van der Waals surface area contributed by atoms with Gasteiger partial charge in [-0.05, 0) is 43.9 Å². The van der Waals surface area contributed by atoms with Gasteiger partial charge in [-0.1, -0.05) is 34.6 Å². The van der Waals surface area contributed by atoms with E-state index in [0.717, 1.165) is 19.3 Å². The molecule has 1 saturated heterocycles. The highest BCUT2D eigenvalue weighted by molar-refractivity contribution is 6.00. The average Bonchev–Trinajstić information content (AvgIpc) is 2.86. The topological polar surface area (TPSA) is 49.4 Å². The maximum Gasteiger partial charge on any atom is 0.249 e. The van der Waals surface area contributed by atoms with Crippen LogP contribution in [0.5, 0.6) is 0 Å². The minimum Gasteiger partial charge on any atom is -0.340 e. The summed E-state index contributed by atoms with van der Waals surface area (Å²) in [6.45, 7) is 10.3. The lowest BCUT2D eigenvalue weighted by Gasteiger charge is -2.49. The zero-order valence-corrected chi connectivity index (χ0v) is 14.1. The van der Waals surface area contributed by atoms with Crippen molar-refractivity contribution in [3.05, 3.63) is 0 Å². The maximum absolute atomic E-state index is 13.2. The van der Waals surface area contributed by atoms with E-state index in [-0.39, 0.29) is 29.8 Å². The Balaban J connectivity index is 2.37. The van der Waals surface area contributed by atoms with Crippen molar-refractivity contribution < 1.29 is 9.59 Å². The van der Waals surface area contributed by atoms with Gasteiger partial charge in [0.2, 0.25) is 11.8 Å². The van der Waals surface area contributed by atoms with E-state index < -0.39 is 5.54 Å². The van der Waals surface area contributed by atoms with Gasteiger partial charge in [0.15, 0.2) is 0 Å². The zero-order chi connectivity index (χ0) is 15.8. The van der Waals surface area contributed by atoms with Crippen LogP contribution < -0.4 is 5.32 Å². The molecule has 3 unspecified atom stereocenters. The molecule has 1 heterocycles. The molecule has 1 aliphatic heterocycles. The normalized spacial score (nSPS) is 32.7. The monoisotopic (exact) mass is 294 g/mol. The van der Waals surface area contributed by atoms with Gasteiger partial charge in [0.1, 0.15) is 11.6 Å². The molecular weight excluding hydrogens is 264 g/mol. The number of hydrogen-bond acceptors (Lipinski definition) is 2. The molecule has 0 radical (unpaired) electrons. The summed E-state index contributed by atoms with van der Waals surface area (Å²) in [5.41, 5.74) is -0.686. The van der Waals surface area contributed by atoms with E-state index in [1.807, 2.05) is 32.6 Å². The van der Waals surface area contributed by atoms with Crippen molar-refractivity contribution in [3.8, 4) is 0 Å². The average molecular weight is 294 g/mol. The Bertz CT molecular complexity index is 415. The van der Waals surface area contributed by atoms with Crippen molar-refractivity contribution in [1.82, 2.24) is 10.2 Å². The summed E-state index contributed by atoms with van der Waals surface area (Å²) in [7, 11) is 0. The van der Waals surface area contributed by atoms with E-state index in [2.05, 4.69) is 12.2 Å². The second-order valence-electron chi connectivity index (χ2n) is 7.25. The molecule has 4 nitrogen and oxygen atoms in total. The molecule has 0 spiro atoms. The Kier molecular flexibility index (Phi) is 4.64. The number of nitrogens with one attached hydrogen (secondary N) is 1. The zero-order valence-electron chi connectivity index (χ0n) is 14.1. The molecule has 2 aliphatic rings. The third-order valence-corrected chi connectivity index (χ3v) is 5.47. The predicted molar refractivity (Wildman–Crippen MR) is 83.7 cm³/mol. The van der Waals surface area contributed by atoms with E-state index in [0.29, 0.717) is 18.8 Å². The van der Waals surface area contributed by atoms with Crippen molar-refractivity contribution in [2.45, 2.75) is 84.3 Å². The summed E-state index contributed by atoms with van der Waals surface area (Å²) in [4.78, 5) is 27.8. The Morgan fingerprint density at radius 3 is 2.29 bits per heavy atom. The number of hydrogen-bond donors (Lipinski definition) is 1. The van der Waals surface area contributed by atoms with E-state index in [9.17, 15) is 9.59 Å². The lowest BCUT2D eigenvalue weighted by atomic mass is 9.83. The van der Waals surface area contributed by atoms with Crippen LogP contribution >= 0.6 is 0 Å². The maximum atomic E-state index is 13.2. The van der Waals surface area contributed by atoms with E-state index in [1.165, 1.54) is 0 Å². The number of amides is 2. The molecule has 1 aliphatic carbocycles. The lowest BCUT2D eigenvalue weighted by molar-refractivity contribution is -0.160. The first-order chi connectivity index (χ1) is 9.86. The van der Waals surface area contributed by atoms with Crippen molar-refractivity contribution in [2.75, 3.05) is 0 Å². The smallest absolute Gasteiger partial charge is 0.249 e. The molecule has 2 amide bonds. The first-order valence-electron chi connectivity index (χ1n) is 8.51. The van der Waals surface area contributed by atoms with Gasteiger partial charge >= 0.3 is 0 Å². The van der Waals surface area contributed by atoms with Gasteiger partial charge in [-0.2, -0.15) is 0 Å². The quantitative estimate of drug-likeness (QED) is 0.866. The molecule has 0 bridgehead atoms. The fourth-order valence-electron chi connectivity index (χ4n) is 4.04. The van der Waals surface area contributed by atoms with Crippen molar-refractivity contribution >= 4 is 11.8 Å². The molecule has 21 heavy (non-hydrogen) atoms. The fourth-order valence-corrected chi connectivity index (χ4v) is 4.04. The molecule has 3 atom stereocenters. The van der Waals surface area contributed by atoms with Gasteiger partial charge in [0.05, 0.1) is 0 Å². The summed E-state index contributed by atoms with van der Waals surface area (Å²) < 4.78 is 0. The highest BCUT2D eigenvalue weighted by Crippen LogP contribution is 2.36. The molecule has 2 fully saturated rings. The van der Waals surface area contributed by atoms with Crippen molar-refractivity contribution in [3.63, 3.8) is 0 Å². The Morgan fingerprint density at radius 2 is 1.86 bits per heavy atom. The Morgan fingerprint density at radius 1 is 1.24 bits per heavy atom. The summed E-state index contributed by atoms with van der Waals surface area (Å²) in [5, 5.41) is 3.04. The van der Waals surface area contributed by atoms with Crippen LogP contribution in [0, 0.1) is 11.8 Å². The highest BCUT2D eigenvalue weighted by atomic mass is 16.2. The van der Waals surface area contributed by atoms with Gasteiger partial charge < -0.3 is 10.2 Å². The third-order valence-electron chi connectivity index (χ3n) is 5.47. The fraction of sp³-hybridized carbons (Fsp3) is 0.882. The van der Waals surface area contributed by atoms with Crippen LogP contribution in [-0.4, -0.2) is 34.3 Å². The van der Waals surface area contributed by atoms with Crippen molar-refractivity contribution in [2.24, 2.45) is 11.8 Å². The lowest BCUT2D eigenvalue weighted by Crippen LogP contribution is -2.72. The first-order valence-corrected chi connectivity index (χ1v) is 8.51. The van der Waals surface area contributed by atoms with Crippen LogP contribution in [0.1, 0.15) is 66.7 Å². The van der Waals surface area contributed by atoms with E-state index >= 15 is 0 Å². The summed E-state index contributed by atoms with van der Waals surface area (Å²) >= 11 is 0. The van der Waals surface area contributed by atoms with Crippen LogP contribution in [0.2, 0.25) is 0 Å². The standard InChI is InChI=1S/C17H30N2O2/c1-6-17(7-2)16(21)19(13-9-8-12(5)10-13)14(11(3)4)15(20)18-17/h11-14H,6-10H2,1-5H3,(H,18,20). The second-order valence-corrected chi connectivity index (χ2v) is 7.25. The first kappa shape index (κ1) is 16.3. The minimum absolute atomic E-state index is 0.0350. The molecule has 0 aromatic rings. The Hall–Kier alpha value is -1.06. The molecule has 2 rings (SSSR count). The second kappa shape index (κ2) is 5.98. The Labute approximate surface area is 128 Å². The SMILES string of the molecule is CCC1(CC)NC(=O)C(C(C)C)N(C2CCC(C)C2)C1=O. The van der Waals surface area contributed by atoms with Crippen LogP contribution in [0.4, 0.5) is 0 Å². The summed E-state index contributed by atoms with van der Waals surface area (Å²) in [6, 6.07) is -0.0672. The molecule has 4 heteroatoms. The minimum atomic E-state index is -0.686. The van der Waals surface area contributed by atoms with E-state index in [1.54, 1.807) is 0 Å². The molecule has 120 valence electrons. The molecule has 0 aromatic heterocycles. The van der Waals surface area contributed by atoms with Gasteiger partial charge in [-0.25, -0.2) is 0 Å². The van der Waals surface area contributed by atoms with E-state index in [4.69, 9.17) is 0 Å². The number of carbonyl (C=O) groups excluding carboxylic acids is 2. The third kappa shape index (κ3) is 2.69. The molecule has 1 saturated carbocycles. The number of nitrogens with zero attached hydrogens (tertiary/aromatic N) is 1. The number of carbonyl (C=O) groups is 2. The van der Waals surface area contributed by atoms with Gasteiger partial charge in [-0.15, -0.1) is 0 Å². The highest BCUT2D eigenvalue weighted by Gasteiger charge is 2.52. The van der Waals surface area contributed by atoms with Gasteiger partial charge in [-0.3, -0.25) is 9.59 Å². The van der Waals surface area contributed by atoms with Crippen LogP contribution in [0.25, 0.3) is 0 Å². The van der Waals surface area contributed by atoms with Gasteiger partial charge in [0.25, 0.3) is 0 Å². The van der Waals surface area contributed by atoms with Crippen molar-refractivity contribution in [1.29, 1.82) is 0 Å². The van der Waals surface area contributed by atoms with Crippen LogP contribution in [0.15, 0.2) is 0 Å². The molecular formula is C17H30N2O2. The largest absolute Gasteiger partial charge is 0.340 e.